The fourth-order valence-electron chi connectivity index (χ4n) is 2.43. The summed E-state index contributed by atoms with van der Waals surface area (Å²) >= 11 is 6.08. The number of anilines is 1. The molecular formula is C17H14ClN3O4. The van der Waals surface area contributed by atoms with Crippen LogP contribution in [0.4, 0.5) is 5.69 Å². The lowest BCUT2D eigenvalue weighted by molar-refractivity contribution is 0.0693. The summed E-state index contributed by atoms with van der Waals surface area (Å²) in [6.07, 6.45) is 3.59. The summed E-state index contributed by atoms with van der Waals surface area (Å²) in [5.74, 6) is -1.46. The van der Waals surface area contributed by atoms with Crippen LogP contribution in [0.1, 0.15) is 26.4 Å². The second kappa shape index (κ2) is 6.45. The van der Waals surface area contributed by atoms with Crippen LogP contribution >= 0.6 is 11.6 Å². The lowest BCUT2D eigenvalue weighted by Crippen LogP contribution is -2.13. The van der Waals surface area contributed by atoms with Gasteiger partial charge in [-0.25, -0.2) is 9.78 Å². The van der Waals surface area contributed by atoms with Gasteiger partial charge in [0.25, 0.3) is 5.91 Å². The van der Waals surface area contributed by atoms with Gasteiger partial charge >= 0.3 is 5.97 Å². The number of carbonyl (C=O) groups excluding carboxylic acids is 1. The van der Waals surface area contributed by atoms with Gasteiger partial charge in [-0.1, -0.05) is 11.6 Å². The summed E-state index contributed by atoms with van der Waals surface area (Å²) in [7, 11) is 1.34. The number of benzene rings is 1. The third-order valence-corrected chi connectivity index (χ3v) is 3.92. The average Bonchev–Trinajstić information content (AvgIpc) is 2.95. The van der Waals surface area contributed by atoms with Crippen molar-refractivity contribution in [2.45, 2.75) is 6.92 Å². The van der Waals surface area contributed by atoms with E-state index in [4.69, 9.17) is 21.4 Å². The topological polar surface area (TPSA) is 92.9 Å². The molecule has 0 fully saturated rings. The van der Waals surface area contributed by atoms with Crippen molar-refractivity contribution in [3.8, 4) is 5.75 Å². The molecule has 0 spiro atoms. The molecule has 0 atom stereocenters. The molecule has 25 heavy (non-hydrogen) atoms. The number of fused-ring (bicyclic) bond motifs is 1. The zero-order valence-electron chi connectivity index (χ0n) is 13.4. The number of aryl methyl sites for hydroxylation is 1. The zero-order valence-corrected chi connectivity index (χ0v) is 14.2. The van der Waals surface area contributed by atoms with Gasteiger partial charge in [-0.3, -0.25) is 4.79 Å². The minimum absolute atomic E-state index is 0.0835. The number of hydrogen-bond acceptors (Lipinski definition) is 4. The SMILES string of the molecule is COc1cc(NC(=O)c2ccn3cc(C)nc3c2)c(Cl)cc1C(=O)O. The Morgan fingerprint density at radius 3 is 2.76 bits per heavy atom. The van der Waals surface area contributed by atoms with E-state index in [1.807, 2.05) is 17.5 Å². The van der Waals surface area contributed by atoms with Crippen molar-refractivity contribution in [1.29, 1.82) is 0 Å². The molecule has 2 heterocycles. The Bertz CT molecular complexity index is 997. The molecule has 7 nitrogen and oxygen atoms in total. The summed E-state index contributed by atoms with van der Waals surface area (Å²) < 4.78 is 6.86. The van der Waals surface area contributed by atoms with E-state index in [0.717, 1.165) is 5.69 Å². The molecule has 0 saturated heterocycles. The minimum Gasteiger partial charge on any atom is -0.496 e. The third-order valence-electron chi connectivity index (χ3n) is 3.61. The van der Waals surface area contributed by atoms with E-state index in [1.165, 1.54) is 19.2 Å². The number of carboxylic acid groups (broad SMARTS) is 1. The van der Waals surface area contributed by atoms with Crippen molar-refractivity contribution >= 4 is 34.8 Å². The standard InChI is InChI=1S/C17H14ClN3O4/c1-9-8-21-4-3-10(5-15(21)19-9)16(22)20-13-7-14(25-2)11(17(23)24)6-12(13)18/h3-8H,1-2H3,(H,20,22)(H,23,24). The largest absolute Gasteiger partial charge is 0.496 e. The number of carbonyl (C=O) groups is 2. The Labute approximate surface area is 147 Å². The first-order valence-electron chi connectivity index (χ1n) is 7.26. The summed E-state index contributed by atoms with van der Waals surface area (Å²) in [5.41, 5.74) is 2.06. The van der Waals surface area contributed by atoms with Crippen LogP contribution in [0.3, 0.4) is 0 Å². The number of pyridine rings is 1. The molecule has 8 heteroatoms. The predicted octanol–water partition coefficient (Wildman–Crippen LogP) is 3.26. The number of methoxy groups -OCH3 is 1. The molecule has 1 amide bonds. The highest BCUT2D eigenvalue weighted by atomic mass is 35.5. The van der Waals surface area contributed by atoms with Crippen LogP contribution in [-0.4, -0.2) is 33.5 Å². The number of hydrogen-bond donors (Lipinski definition) is 2. The number of carboxylic acids is 1. The number of rotatable bonds is 4. The molecule has 0 aliphatic rings. The Morgan fingerprint density at radius 2 is 2.08 bits per heavy atom. The van der Waals surface area contributed by atoms with Crippen molar-refractivity contribution in [2.75, 3.05) is 12.4 Å². The molecule has 0 aliphatic carbocycles. The minimum atomic E-state index is -1.17. The zero-order chi connectivity index (χ0) is 18.1. The van der Waals surface area contributed by atoms with Crippen LogP contribution in [0, 0.1) is 6.92 Å². The van der Waals surface area contributed by atoms with Crippen LogP contribution in [-0.2, 0) is 0 Å². The lowest BCUT2D eigenvalue weighted by Gasteiger charge is -2.11. The van der Waals surface area contributed by atoms with Crippen molar-refractivity contribution in [1.82, 2.24) is 9.38 Å². The molecule has 0 unspecified atom stereocenters. The monoisotopic (exact) mass is 359 g/mol. The highest BCUT2D eigenvalue weighted by Crippen LogP contribution is 2.31. The Hall–Kier alpha value is -3.06. The maximum absolute atomic E-state index is 12.5. The normalized spacial score (nSPS) is 10.7. The quantitative estimate of drug-likeness (QED) is 0.745. The van der Waals surface area contributed by atoms with Gasteiger partial charge in [0.05, 0.1) is 23.5 Å². The summed E-state index contributed by atoms with van der Waals surface area (Å²) in [5, 5.41) is 11.9. The molecule has 2 aromatic heterocycles. The first-order chi connectivity index (χ1) is 11.9. The lowest BCUT2D eigenvalue weighted by atomic mass is 10.1. The van der Waals surface area contributed by atoms with Gasteiger partial charge in [-0.15, -0.1) is 0 Å². The average molecular weight is 360 g/mol. The van der Waals surface area contributed by atoms with Gasteiger partial charge in [-0.05, 0) is 25.1 Å². The number of amides is 1. The van der Waals surface area contributed by atoms with Gasteiger partial charge in [-0.2, -0.15) is 0 Å². The van der Waals surface area contributed by atoms with Crippen LogP contribution in [0.25, 0.3) is 5.65 Å². The molecule has 128 valence electrons. The molecule has 3 rings (SSSR count). The van der Waals surface area contributed by atoms with E-state index in [2.05, 4.69) is 10.3 Å². The Morgan fingerprint density at radius 1 is 1.32 bits per heavy atom. The number of halogens is 1. The fraction of sp³-hybridized carbons (Fsp3) is 0.118. The van der Waals surface area contributed by atoms with Crippen LogP contribution in [0.15, 0.2) is 36.7 Å². The molecule has 3 aromatic rings. The highest BCUT2D eigenvalue weighted by molar-refractivity contribution is 6.34. The highest BCUT2D eigenvalue weighted by Gasteiger charge is 2.17. The number of aromatic nitrogens is 2. The van der Waals surface area contributed by atoms with Gasteiger partial charge in [0, 0.05) is 24.0 Å². The van der Waals surface area contributed by atoms with Crippen molar-refractivity contribution in [3.63, 3.8) is 0 Å². The number of aromatic carboxylic acids is 1. The van der Waals surface area contributed by atoms with Gasteiger partial charge in [0.2, 0.25) is 0 Å². The van der Waals surface area contributed by atoms with E-state index in [0.29, 0.717) is 11.2 Å². The van der Waals surface area contributed by atoms with Gasteiger partial charge in [0.1, 0.15) is 17.0 Å². The smallest absolute Gasteiger partial charge is 0.339 e. The van der Waals surface area contributed by atoms with E-state index >= 15 is 0 Å². The van der Waals surface area contributed by atoms with Gasteiger partial charge in [0.15, 0.2) is 0 Å². The van der Waals surface area contributed by atoms with E-state index in [9.17, 15) is 9.59 Å². The van der Waals surface area contributed by atoms with Crippen molar-refractivity contribution in [3.05, 3.63) is 58.5 Å². The maximum atomic E-state index is 12.5. The first-order valence-corrected chi connectivity index (χ1v) is 7.64. The van der Waals surface area contributed by atoms with Crippen LogP contribution in [0.5, 0.6) is 5.75 Å². The second-order valence-corrected chi connectivity index (χ2v) is 5.76. The summed E-state index contributed by atoms with van der Waals surface area (Å²) in [4.78, 5) is 28.0. The fourth-order valence-corrected chi connectivity index (χ4v) is 2.64. The van der Waals surface area contributed by atoms with E-state index in [-0.39, 0.29) is 22.0 Å². The maximum Gasteiger partial charge on any atom is 0.339 e. The van der Waals surface area contributed by atoms with Crippen LogP contribution < -0.4 is 10.1 Å². The number of imidazole rings is 1. The van der Waals surface area contributed by atoms with E-state index in [1.54, 1.807) is 18.3 Å². The molecule has 0 bridgehead atoms. The number of nitrogens with zero attached hydrogens (tertiary/aromatic N) is 2. The third kappa shape index (κ3) is 3.27. The second-order valence-electron chi connectivity index (χ2n) is 5.35. The molecule has 1 aromatic carbocycles. The molecular weight excluding hydrogens is 346 g/mol. The van der Waals surface area contributed by atoms with Crippen molar-refractivity contribution in [2.24, 2.45) is 0 Å². The van der Waals surface area contributed by atoms with E-state index < -0.39 is 11.9 Å². The first kappa shape index (κ1) is 16.8. The predicted molar refractivity (Wildman–Crippen MR) is 92.8 cm³/mol. The number of ether oxygens (including phenoxy) is 1. The Kier molecular flexibility index (Phi) is 4.33. The molecule has 0 aliphatic heterocycles. The summed E-state index contributed by atoms with van der Waals surface area (Å²) in [6.45, 7) is 1.86. The molecule has 2 N–H and O–H groups in total. The Balaban J connectivity index is 1.92. The number of nitrogens with one attached hydrogen (secondary N) is 1. The van der Waals surface area contributed by atoms with Gasteiger partial charge < -0.3 is 19.6 Å². The summed E-state index contributed by atoms with van der Waals surface area (Å²) in [6, 6.07) is 5.92. The van der Waals surface area contributed by atoms with Crippen molar-refractivity contribution < 1.29 is 19.4 Å². The van der Waals surface area contributed by atoms with Crippen LogP contribution in [0.2, 0.25) is 5.02 Å². The molecule has 0 saturated carbocycles. The molecule has 0 radical (unpaired) electrons.